The van der Waals surface area contributed by atoms with E-state index in [9.17, 15) is 18.5 Å². The van der Waals surface area contributed by atoms with Crippen molar-refractivity contribution in [1.29, 1.82) is 0 Å². The molecule has 1 aromatic heterocycles. The summed E-state index contributed by atoms with van der Waals surface area (Å²) in [6.45, 7) is 0. The van der Waals surface area contributed by atoms with E-state index in [4.69, 9.17) is 0 Å². The highest BCUT2D eigenvalue weighted by Crippen LogP contribution is 2.28. The molecule has 0 atom stereocenters. The Balaban J connectivity index is 2.52. The zero-order valence-corrected chi connectivity index (χ0v) is 12.6. The number of rotatable bonds is 4. The summed E-state index contributed by atoms with van der Waals surface area (Å²) in [4.78, 5) is 9.77. The standard InChI is InChI=1S/C10H9BrN4O4S/c1-14-10(4-5-12-14)13-20(18,19)9-6-7(11)2-3-8(9)15(16)17/h2-6,13H,1H3. The van der Waals surface area contributed by atoms with Crippen LogP contribution in [0.5, 0.6) is 0 Å². The van der Waals surface area contributed by atoms with Gasteiger partial charge in [-0.05, 0) is 12.1 Å². The predicted molar refractivity (Wildman–Crippen MR) is 74.8 cm³/mol. The molecule has 1 aromatic carbocycles. The number of anilines is 1. The zero-order chi connectivity index (χ0) is 14.9. The van der Waals surface area contributed by atoms with Gasteiger partial charge in [0.15, 0.2) is 4.90 Å². The first-order valence-corrected chi connectivity index (χ1v) is 7.53. The van der Waals surface area contributed by atoms with Gasteiger partial charge in [-0.2, -0.15) is 5.10 Å². The number of aryl methyl sites for hydroxylation is 1. The van der Waals surface area contributed by atoms with Crippen molar-refractivity contribution in [1.82, 2.24) is 9.78 Å². The topological polar surface area (TPSA) is 107 Å². The lowest BCUT2D eigenvalue weighted by Gasteiger charge is -2.08. The first-order chi connectivity index (χ1) is 9.31. The van der Waals surface area contributed by atoms with Gasteiger partial charge in [-0.25, -0.2) is 8.42 Å². The van der Waals surface area contributed by atoms with Crippen molar-refractivity contribution in [3.8, 4) is 0 Å². The third-order valence-corrected chi connectivity index (χ3v) is 4.35. The third-order valence-electron chi connectivity index (χ3n) is 2.47. The molecule has 1 heterocycles. The average Bonchev–Trinajstić information content (AvgIpc) is 2.74. The molecular weight excluding hydrogens is 352 g/mol. The number of sulfonamides is 1. The van der Waals surface area contributed by atoms with Crippen molar-refractivity contribution in [2.24, 2.45) is 7.05 Å². The highest BCUT2D eigenvalue weighted by molar-refractivity contribution is 9.10. The van der Waals surface area contributed by atoms with Crippen LogP contribution in [0.3, 0.4) is 0 Å². The lowest BCUT2D eigenvalue weighted by atomic mass is 10.3. The molecule has 0 saturated heterocycles. The smallest absolute Gasteiger partial charge is 0.263 e. The van der Waals surface area contributed by atoms with Crippen LogP contribution in [-0.4, -0.2) is 23.1 Å². The van der Waals surface area contributed by atoms with Gasteiger partial charge in [0.25, 0.3) is 15.7 Å². The second-order valence-electron chi connectivity index (χ2n) is 3.81. The summed E-state index contributed by atoms with van der Waals surface area (Å²) in [5.74, 6) is 0.208. The lowest BCUT2D eigenvalue weighted by Crippen LogP contribution is -2.16. The highest BCUT2D eigenvalue weighted by atomic mass is 79.9. The molecule has 2 aromatic rings. The Kier molecular flexibility index (Phi) is 3.77. The Morgan fingerprint density at radius 1 is 1.40 bits per heavy atom. The summed E-state index contributed by atoms with van der Waals surface area (Å²) in [6, 6.07) is 5.15. The number of nitro benzene ring substituents is 1. The Morgan fingerprint density at radius 3 is 2.65 bits per heavy atom. The van der Waals surface area contributed by atoms with Crippen molar-refractivity contribution >= 4 is 37.5 Å². The fraction of sp³-hybridized carbons (Fsp3) is 0.100. The van der Waals surface area contributed by atoms with Crippen molar-refractivity contribution in [3.05, 3.63) is 45.0 Å². The van der Waals surface area contributed by atoms with E-state index in [0.717, 1.165) is 6.07 Å². The van der Waals surface area contributed by atoms with E-state index in [1.807, 2.05) is 0 Å². The first kappa shape index (κ1) is 14.5. The van der Waals surface area contributed by atoms with E-state index < -0.39 is 25.5 Å². The first-order valence-electron chi connectivity index (χ1n) is 5.26. The van der Waals surface area contributed by atoms with Crippen LogP contribution >= 0.6 is 15.9 Å². The normalized spacial score (nSPS) is 11.3. The number of benzene rings is 1. The molecule has 1 N–H and O–H groups in total. The highest BCUT2D eigenvalue weighted by Gasteiger charge is 2.26. The van der Waals surface area contributed by atoms with Crippen LogP contribution in [0.15, 0.2) is 39.8 Å². The van der Waals surface area contributed by atoms with Gasteiger partial charge in [-0.15, -0.1) is 0 Å². The molecule has 20 heavy (non-hydrogen) atoms. The van der Waals surface area contributed by atoms with Gasteiger partial charge >= 0.3 is 0 Å². The Morgan fingerprint density at radius 2 is 2.10 bits per heavy atom. The van der Waals surface area contributed by atoms with E-state index >= 15 is 0 Å². The fourth-order valence-electron chi connectivity index (χ4n) is 1.52. The second-order valence-corrected chi connectivity index (χ2v) is 6.38. The number of nitrogens with one attached hydrogen (secondary N) is 1. The number of nitro groups is 1. The Labute approximate surface area is 122 Å². The summed E-state index contributed by atoms with van der Waals surface area (Å²) in [6.07, 6.45) is 1.41. The van der Waals surface area contributed by atoms with Gasteiger partial charge in [0, 0.05) is 23.7 Å². The summed E-state index contributed by atoms with van der Waals surface area (Å²) in [7, 11) is -2.54. The van der Waals surface area contributed by atoms with Crippen molar-refractivity contribution in [2.75, 3.05) is 4.72 Å². The van der Waals surface area contributed by atoms with Crippen LogP contribution < -0.4 is 4.72 Å². The lowest BCUT2D eigenvalue weighted by molar-refractivity contribution is -0.387. The summed E-state index contributed by atoms with van der Waals surface area (Å²) in [5.41, 5.74) is -0.497. The number of hydrogen-bond donors (Lipinski definition) is 1. The van der Waals surface area contributed by atoms with Gasteiger partial charge in [0.1, 0.15) is 5.82 Å². The minimum Gasteiger partial charge on any atom is -0.263 e. The van der Waals surface area contributed by atoms with Crippen LogP contribution in [0.4, 0.5) is 11.5 Å². The van der Waals surface area contributed by atoms with Crippen molar-refractivity contribution < 1.29 is 13.3 Å². The third kappa shape index (κ3) is 2.80. The Bertz CT molecular complexity index is 771. The maximum Gasteiger partial charge on any atom is 0.289 e. The molecule has 0 aliphatic carbocycles. The Hall–Kier alpha value is -1.94. The molecule has 0 radical (unpaired) electrons. The molecule has 0 saturated carbocycles. The maximum atomic E-state index is 12.3. The number of hydrogen-bond acceptors (Lipinski definition) is 5. The molecule has 2 rings (SSSR count). The quantitative estimate of drug-likeness (QED) is 0.661. The van der Waals surface area contributed by atoms with Gasteiger partial charge in [-0.1, -0.05) is 15.9 Å². The molecule has 0 aliphatic rings. The molecule has 0 aliphatic heterocycles. The van der Waals surface area contributed by atoms with Gasteiger partial charge in [0.05, 0.1) is 11.1 Å². The zero-order valence-electron chi connectivity index (χ0n) is 10.1. The molecule has 0 spiro atoms. The molecule has 0 unspecified atom stereocenters. The van der Waals surface area contributed by atoms with Crippen LogP contribution in [-0.2, 0) is 17.1 Å². The van der Waals surface area contributed by atoms with Gasteiger partial charge in [0.2, 0.25) is 0 Å². The average molecular weight is 361 g/mol. The van der Waals surface area contributed by atoms with Crippen LogP contribution in [0.2, 0.25) is 0 Å². The summed E-state index contributed by atoms with van der Waals surface area (Å²) in [5, 5.41) is 14.7. The van der Waals surface area contributed by atoms with Crippen LogP contribution in [0.1, 0.15) is 0 Å². The minimum atomic E-state index is -4.09. The number of aromatic nitrogens is 2. The molecule has 10 heteroatoms. The maximum absolute atomic E-state index is 12.3. The van der Waals surface area contributed by atoms with Crippen LogP contribution in [0.25, 0.3) is 0 Å². The van der Waals surface area contributed by atoms with Crippen molar-refractivity contribution in [2.45, 2.75) is 4.90 Å². The monoisotopic (exact) mass is 360 g/mol. The largest absolute Gasteiger partial charge is 0.289 e. The van der Waals surface area contributed by atoms with E-state index in [2.05, 4.69) is 25.8 Å². The van der Waals surface area contributed by atoms with E-state index in [0.29, 0.717) is 4.47 Å². The predicted octanol–water partition coefficient (Wildman–Crippen LogP) is 1.89. The van der Waals surface area contributed by atoms with Gasteiger partial charge in [-0.3, -0.25) is 19.5 Å². The SMILES string of the molecule is Cn1nccc1NS(=O)(=O)c1cc(Br)ccc1[N+](=O)[O-]. The van der Waals surface area contributed by atoms with Gasteiger partial charge < -0.3 is 0 Å². The number of halogens is 1. The number of nitrogens with zero attached hydrogens (tertiary/aromatic N) is 3. The molecule has 8 nitrogen and oxygen atoms in total. The van der Waals surface area contributed by atoms with E-state index in [1.165, 1.54) is 29.1 Å². The molecule has 0 amide bonds. The van der Waals surface area contributed by atoms with E-state index in [-0.39, 0.29) is 5.82 Å². The molecule has 0 fully saturated rings. The van der Waals surface area contributed by atoms with Crippen LogP contribution in [0, 0.1) is 10.1 Å². The molecular formula is C10H9BrN4O4S. The summed E-state index contributed by atoms with van der Waals surface area (Å²) >= 11 is 3.10. The van der Waals surface area contributed by atoms with Crippen molar-refractivity contribution in [3.63, 3.8) is 0 Å². The molecule has 106 valence electrons. The van der Waals surface area contributed by atoms with E-state index in [1.54, 1.807) is 7.05 Å². The second kappa shape index (κ2) is 5.21. The fourth-order valence-corrected chi connectivity index (χ4v) is 3.32. The summed E-state index contributed by atoms with van der Waals surface area (Å²) < 4.78 is 28.5. The minimum absolute atomic E-state index is 0.208. The molecule has 0 bridgehead atoms.